The van der Waals surface area contributed by atoms with E-state index in [9.17, 15) is 34.8 Å². The molecule has 252 valence electrons. The van der Waals surface area contributed by atoms with E-state index in [0.717, 1.165) is 38.5 Å². The number of aliphatic carboxylic acids is 2. The summed E-state index contributed by atoms with van der Waals surface area (Å²) in [6.07, 6.45) is 3.84. The second-order valence-corrected chi connectivity index (χ2v) is 17.7. The Morgan fingerprint density at radius 2 is 1.58 bits per heavy atom. The molecule has 0 bridgehead atoms. The minimum atomic E-state index is -1.55. The van der Waals surface area contributed by atoms with Crippen molar-refractivity contribution in [2.45, 2.75) is 143 Å². The average molecular weight is 631 g/mol. The minimum Gasteiger partial charge on any atom is -0.481 e. The molecule has 9 nitrogen and oxygen atoms in total. The zero-order valence-electron chi connectivity index (χ0n) is 28.1. The van der Waals surface area contributed by atoms with Crippen LogP contribution < -0.4 is 0 Å². The van der Waals surface area contributed by atoms with E-state index < -0.39 is 42.0 Å². The van der Waals surface area contributed by atoms with Crippen molar-refractivity contribution in [3.05, 3.63) is 11.6 Å². The van der Waals surface area contributed by atoms with Crippen molar-refractivity contribution in [3.63, 3.8) is 0 Å². The third kappa shape index (κ3) is 4.56. The van der Waals surface area contributed by atoms with Gasteiger partial charge in [0.05, 0.1) is 17.6 Å². The fourth-order valence-corrected chi connectivity index (χ4v) is 11.9. The van der Waals surface area contributed by atoms with Gasteiger partial charge in [-0.15, -0.1) is 0 Å². The summed E-state index contributed by atoms with van der Waals surface area (Å²) >= 11 is 0. The topological polar surface area (TPSA) is 151 Å². The fourth-order valence-electron chi connectivity index (χ4n) is 11.9. The molecule has 1 saturated heterocycles. The van der Waals surface area contributed by atoms with Crippen molar-refractivity contribution in [3.8, 4) is 0 Å². The third-order valence-electron chi connectivity index (χ3n) is 15.0. The largest absolute Gasteiger partial charge is 0.481 e. The van der Waals surface area contributed by atoms with Crippen LogP contribution in [0.5, 0.6) is 0 Å². The van der Waals surface area contributed by atoms with Crippen LogP contribution in [0.4, 0.5) is 0 Å². The van der Waals surface area contributed by atoms with E-state index in [1.165, 1.54) is 5.57 Å². The molecular formula is C36H54O9. The number of allylic oxidation sites excluding steroid dienone is 2. The Hall–Kier alpha value is -1.81. The number of hydrogen-bond donors (Lipinski definition) is 4. The summed E-state index contributed by atoms with van der Waals surface area (Å²) in [5, 5.41) is 40.2. The molecule has 9 heteroatoms. The highest BCUT2D eigenvalue weighted by molar-refractivity contribution is 5.95. The van der Waals surface area contributed by atoms with Gasteiger partial charge in [0.1, 0.15) is 6.10 Å². The highest BCUT2D eigenvalue weighted by atomic mass is 16.7. The summed E-state index contributed by atoms with van der Waals surface area (Å²) in [6.45, 7) is 15.6. The van der Waals surface area contributed by atoms with E-state index in [1.807, 2.05) is 13.0 Å². The molecule has 5 fully saturated rings. The maximum Gasteiger partial charge on any atom is 0.335 e. The van der Waals surface area contributed by atoms with Gasteiger partial charge in [0.2, 0.25) is 0 Å². The molecule has 0 radical (unpaired) electrons. The molecule has 5 aliphatic carbocycles. The average Bonchev–Trinajstić information content (AvgIpc) is 2.94. The molecule has 0 amide bonds. The normalized spacial score (nSPS) is 52.4. The number of carbonyl (C=O) groups excluding carboxylic acids is 1. The third-order valence-corrected chi connectivity index (χ3v) is 15.0. The molecular weight excluding hydrogens is 576 g/mol. The van der Waals surface area contributed by atoms with Gasteiger partial charge in [0, 0.05) is 12.3 Å². The highest BCUT2D eigenvalue weighted by Crippen LogP contribution is 2.75. The summed E-state index contributed by atoms with van der Waals surface area (Å²) in [4.78, 5) is 38.6. The van der Waals surface area contributed by atoms with E-state index in [-0.39, 0.29) is 63.1 Å². The summed E-state index contributed by atoms with van der Waals surface area (Å²) < 4.78 is 12.1. The van der Waals surface area contributed by atoms with E-state index in [0.29, 0.717) is 19.3 Å². The standard InChI is InChI=1S/C36H54O9/c1-31(2)23-8-11-36(7)28(34(23,5)10-9-24(31)44-25-17-21(37)26(39)27(45-25)29(40)41)22(38)16-19-20-18-33(4,30(42)43)13-12-32(20,3)14-15-35(19,36)6/h16,20-21,23-28,37,39H,8-15,17-18H2,1-7H3,(H,40,41)(H,42,43)/t20-,21-,23-,24-,25?,26?,27-,28+,32+,33-,34-,35+,36+/m0/s1. The lowest BCUT2D eigenvalue weighted by Crippen LogP contribution is -2.67. The van der Waals surface area contributed by atoms with Crippen molar-refractivity contribution >= 4 is 17.7 Å². The predicted octanol–water partition coefficient (Wildman–Crippen LogP) is 5.36. The number of fused-ring (bicyclic) bond motifs is 7. The molecule has 6 aliphatic rings. The fraction of sp³-hybridized carbons (Fsp3) is 0.861. The molecule has 0 aromatic carbocycles. The lowest BCUT2D eigenvalue weighted by Gasteiger charge is -2.70. The van der Waals surface area contributed by atoms with Gasteiger partial charge in [-0.2, -0.15) is 0 Å². The predicted molar refractivity (Wildman–Crippen MR) is 165 cm³/mol. The van der Waals surface area contributed by atoms with Crippen molar-refractivity contribution in [2.24, 2.45) is 50.2 Å². The molecule has 0 aromatic rings. The number of rotatable bonds is 4. The molecule has 13 atom stereocenters. The van der Waals surface area contributed by atoms with Crippen LogP contribution in [-0.4, -0.2) is 68.9 Å². The Labute approximate surface area is 267 Å². The summed E-state index contributed by atoms with van der Waals surface area (Å²) in [5.74, 6) is -1.80. The molecule has 1 heterocycles. The second kappa shape index (κ2) is 10.3. The number of ketones is 1. The van der Waals surface area contributed by atoms with Crippen LogP contribution in [0.1, 0.15) is 113 Å². The van der Waals surface area contributed by atoms with E-state index >= 15 is 0 Å². The van der Waals surface area contributed by atoms with Gasteiger partial charge in [-0.3, -0.25) is 9.59 Å². The van der Waals surface area contributed by atoms with E-state index in [4.69, 9.17) is 9.47 Å². The number of aliphatic hydroxyl groups is 2. The number of hydrogen-bond acceptors (Lipinski definition) is 7. The van der Waals surface area contributed by atoms with Gasteiger partial charge in [0.25, 0.3) is 0 Å². The zero-order valence-corrected chi connectivity index (χ0v) is 28.1. The second-order valence-electron chi connectivity index (χ2n) is 17.7. The lowest BCUT2D eigenvalue weighted by atomic mass is 9.33. The summed E-state index contributed by atoms with van der Waals surface area (Å²) in [5.41, 5.74) is -0.675. The quantitative estimate of drug-likeness (QED) is 0.301. The number of carboxylic acid groups (broad SMARTS) is 2. The van der Waals surface area contributed by atoms with Crippen molar-refractivity contribution in [1.29, 1.82) is 0 Å². The smallest absolute Gasteiger partial charge is 0.335 e. The first-order valence-corrected chi connectivity index (χ1v) is 17.1. The first kappa shape index (κ1) is 33.1. The lowest BCUT2D eigenvalue weighted by molar-refractivity contribution is -0.290. The van der Waals surface area contributed by atoms with Crippen LogP contribution >= 0.6 is 0 Å². The van der Waals surface area contributed by atoms with Crippen LogP contribution in [0.3, 0.4) is 0 Å². The Bertz CT molecular complexity index is 1310. The first-order valence-electron chi connectivity index (χ1n) is 17.1. The number of carboxylic acids is 2. The van der Waals surface area contributed by atoms with Crippen molar-refractivity contribution < 1.29 is 44.3 Å². The number of carbonyl (C=O) groups is 3. The monoisotopic (exact) mass is 630 g/mol. The maximum absolute atomic E-state index is 14.6. The molecule has 45 heavy (non-hydrogen) atoms. The van der Waals surface area contributed by atoms with Gasteiger partial charge in [-0.25, -0.2) is 4.79 Å². The molecule has 0 aromatic heterocycles. The molecule has 4 saturated carbocycles. The SMILES string of the molecule is CC1(C)[C@@H](OC2C[C@H](O)C(O)[C@@H](C(=O)O)O2)CC[C@]2(C)[C@H]3C(=O)C=C4[C@@H]5C[C@@](C)(C(=O)O)CC[C@]5(C)CC[C@@]4(C)[C@]3(C)CC[C@@H]12. The Morgan fingerprint density at radius 1 is 0.911 bits per heavy atom. The Balaban J connectivity index is 1.30. The highest BCUT2D eigenvalue weighted by Gasteiger charge is 2.70. The first-order chi connectivity index (χ1) is 20.7. The summed E-state index contributed by atoms with van der Waals surface area (Å²) in [6, 6.07) is 0. The van der Waals surface area contributed by atoms with Crippen LogP contribution in [0.2, 0.25) is 0 Å². The van der Waals surface area contributed by atoms with Crippen LogP contribution in [0.25, 0.3) is 0 Å². The maximum atomic E-state index is 14.6. The number of aliphatic hydroxyl groups excluding tert-OH is 2. The van der Waals surface area contributed by atoms with Gasteiger partial charge < -0.3 is 29.9 Å². The van der Waals surface area contributed by atoms with Gasteiger partial charge in [-0.05, 0) is 110 Å². The summed E-state index contributed by atoms with van der Waals surface area (Å²) in [7, 11) is 0. The van der Waals surface area contributed by atoms with Crippen molar-refractivity contribution in [2.75, 3.05) is 0 Å². The minimum absolute atomic E-state index is 0.00668. The Kier molecular flexibility index (Phi) is 7.61. The number of ether oxygens (including phenoxy) is 2. The molecule has 2 unspecified atom stereocenters. The van der Waals surface area contributed by atoms with E-state index in [2.05, 4.69) is 41.5 Å². The van der Waals surface area contributed by atoms with Gasteiger partial charge in [0.15, 0.2) is 18.2 Å². The van der Waals surface area contributed by atoms with Crippen LogP contribution in [0, 0.1) is 50.2 Å². The molecule has 1 aliphatic heterocycles. The van der Waals surface area contributed by atoms with Gasteiger partial charge >= 0.3 is 11.9 Å². The zero-order chi connectivity index (χ0) is 33.1. The molecule has 4 N–H and O–H groups in total. The van der Waals surface area contributed by atoms with Crippen LogP contribution in [-0.2, 0) is 23.9 Å². The van der Waals surface area contributed by atoms with Gasteiger partial charge in [-0.1, -0.05) is 47.1 Å². The van der Waals surface area contributed by atoms with Crippen LogP contribution in [0.15, 0.2) is 11.6 Å². The molecule has 0 spiro atoms. The van der Waals surface area contributed by atoms with E-state index in [1.54, 1.807) is 0 Å². The van der Waals surface area contributed by atoms with Crippen molar-refractivity contribution in [1.82, 2.24) is 0 Å². The Morgan fingerprint density at radius 3 is 2.22 bits per heavy atom. The molecule has 6 rings (SSSR count).